The van der Waals surface area contributed by atoms with Crippen LogP contribution < -0.4 is 10.6 Å². The Kier molecular flexibility index (Phi) is 16.2. The number of nitrogens with two attached hydrogens (primary N) is 1. The summed E-state index contributed by atoms with van der Waals surface area (Å²) in [6.45, 7) is 4.81. The molecule has 0 spiro atoms. The first-order valence-corrected chi connectivity index (χ1v) is 12.9. The summed E-state index contributed by atoms with van der Waals surface area (Å²) in [6.07, 6.45) is 13.6. The first-order chi connectivity index (χ1) is 13.9. The molecule has 1 unspecified atom stereocenters. The molecule has 0 amide bonds. The highest BCUT2D eigenvalue weighted by molar-refractivity contribution is 7.45. The fourth-order valence-corrected chi connectivity index (χ4v) is 3.55. The van der Waals surface area contributed by atoms with Crippen LogP contribution in [0, 0.1) is 5.92 Å². The van der Waals surface area contributed by atoms with Gasteiger partial charge in [0.2, 0.25) is 0 Å². The second-order valence-electron chi connectivity index (χ2n) is 9.62. The summed E-state index contributed by atoms with van der Waals surface area (Å²) in [4.78, 5) is 11.7. The summed E-state index contributed by atoms with van der Waals surface area (Å²) < 4.78 is 21.9. The Balaban J connectivity index is 3.80. The Morgan fingerprint density at radius 3 is 2.17 bits per heavy atom. The molecular weight excluding hydrogens is 403 g/mol. The number of aliphatic hydroxyl groups is 1. The first kappa shape index (κ1) is 29.7. The zero-order valence-corrected chi connectivity index (χ0v) is 20.8. The maximum atomic E-state index is 11.7. The van der Waals surface area contributed by atoms with Crippen molar-refractivity contribution in [2.24, 2.45) is 11.7 Å². The lowest BCUT2D eigenvalue weighted by Crippen LogP contribution is -2.39. The van der Waals surface area contributed by atoms with Crippen molar-refractivity contribution in [3.63, 3.8) is 0 Å². The minimum atomic E-state index is -4.41. The molecule has 0 aromatic heterocycles. The molecule has 3 N–H and O–H groups in total. The van der Waals surface area contributed by atoms with Gasteiger partial charge in [-0.2, -0.15) is 0 Å². The van der Waals surface area contributed by atoms with Gasteiger partial charge in [-0.15, -0.1) is 0 Å². The van der Waals surface area contributed by atoms with Crippen molar-refractivity contribution in [3.8, 4) is 0 Å². The van der Waals surface area contributed by atoms with Gasteiger partial charge in [0.15, 0.2) is 0 Å². The summed E-state index contributed by atoms with van der Waals surface area (Å²) in [7, 11) is 1.41. The lowest BCUT2D eigenvalue weighted by molar-refractivity contribution is -0.870. The van der Waals surface area contributed by atoms with Crippen LogP contribution in [-0.4, -0.2) is 62.6 Å². The van der Waals surface area contributed by atoms with Crippen LogP contribution in [0.4, 0.5) is 0 Å². The number of hydrogen-bond donors (Lipinski definition) is 2. The molecule has 0 heterocycles. The van der Waals surface area contributed by atoms with E-state index in [1.165, 1.54) is 44.9 Å². The number of hydrogen-bond acceptors (Lipinski definition) is 6. The van der Waals surface area contributed by atoms with Crippen molar-refractivity contribution in [2.45, 2.75) is 83.8 Å². The van der Waals surface area contributed by atoms with E-state index in [0.29, 0.717) is 11.0 Å². The van der Waals surface area contributed by atoms with Crippen LogP contribution in [-0.2, 0) is 13.6 Å². The van der Waals surface area contributed by atoms with E-state index in [-0.39, 0.29) is 13.2 Å². The van der Waals surface area contributed by atoms with Crippen molar-refractivity contribution < 1.29 is 28.1 Å². The highest BCUT2D eigenvalue weighted by atomic mass is 31.2. The normalized spacial score (nSPS) is 16.8. The van der Waals surface area contributed by atoms with Crippen LogP contribution in [0.2, 0.25) is 0 Å². The molecule has 8 heteroatoms. The van der Waals surface area contributed by atoms with Gasteiger partial charge in [-0.3, -0.25) is 4.57 Å². The number of quaternary nitrogens is 1. The van der Waals surface area contributed by atoms with Crippen LogP contribution in [0.15, 0.2) is 12.2 Å². The Labute approximate surface area is 184 Å². The van der Waals surface area contributed by atoms with Crippen LogP contribution >= 0.6 is 7.82 Å². The van der Waals surface area contributed by atoms with E-state index in [4.69, 9.17) is 14.8 Å². The quantitative estimate of drug-likeness (QED) is 0.135. The molecule has 7 nitrogen and oxygen atoms in total. The minimum absolute atomic E-state index is 0.0416. The summed E-state index contributed by atoms with van der Waals surface area (Å²) in [5.41, 5.74) is 5.82. The molecule has 30 heavy (non-hydrogen) atoms. The van der Waals surface area contributed by atoms with Gasteiger partial charge < -0.3 is 29.3 Å². The van der Waals surface area contributed by atoms with Gasteiger partial charge in [0.25, 0.3) is 7.82 Å². The number of likely N-dealkylation sites (N-methyl/N-ethyl adjacent to an activating group) is 1. The van der Waals surface area contributed by atoms with Crippen LogP contribution in [0.5, 0.6) is 0 Å². The summed E-state index contributed by atoms with van der Waals surface area (Å²) in [6, 6.07) is -0.823. The largest absolute Gasteiger partial charge is 0.756 e. The summed E-state index contributed by atoms with van der Waals surface area (Å²) in [5.74, 6) is 0.808. The molecule has 0 aromatic carbocycles. The Bertz CT molecular complexity index is 494. The predicted molar refractivity (Wildman–Crippen MR) is 122 cm³/mol. The summed E-state index contributed by atoms with van der Waals surface area (Å²) >= 11 is 0. The number of phosphoric ester groups is 1. The molecule has 0 radical (unpaired) electrons. The molecule has 0 fully saturated rings. The van der Waals surface area contributed by atoms with Gasteiger partial charge in [0.1, 0.15) is 13.2 Å². The number of phosphoric acid groups is 1. The molecule has 0 aliphatic rings. The maximum Gasteiger partial charge on any atom is 0.268 e. The molecule has 0 aliphatic carbocycles. The number of aliphatic hydroxyl groups excluding tert-OH is 1. The molecule has 0 rings (SSSR count). The van der Waals surface area contributed by atoms with Gasteiger partial charge in [0.05, 0.1) is 39.9 Å². The first-order valence-electron chi connectivity index (χ1n) is 11.4. The minimum Gasteiger partial charge on any atom is -0.756 e. The number of unbranched alkanes of at least 4 members (excludes halogenated alkanes) is 7. The van der Waals surface area contributed by atoms with E-state index in [2.05, 4.69) is 13.8 Å². The average molecular weight is 451 g/mol. The summed E-state index contributed by atoms with van der Waals surface area (Å²) in [5, 5.41) is 10.0. The smallest absolute Gasteiger partial charge is 0.268 e. The van der Waals surface area contributed by atoms with E-state index < -0.39 is 20.0 Å². The third kappa shape index (κ3) is 19.7. The number of nitrogens with zero attached hydrogens (tertiary/aromatic N) is 1. The molecular formula is C22H47N2O5P. The van der Waals surface area contributed by atoms with Crippen molar-refractivity contribution in [1.82, 2.24) is 0 Å². The highest BCUT2D eigenvalue weighted by Crippen LogP contribution is 2.38. The second kappa shape index (κ2) is 16.4. The topological polar surface area (TPSA) is 105 Å². The second-order valence-corrected chi connectivity index (χ2v) is 11.0. The van der Waals surface area contributed by atoms with Gasteiger partial charge in [-0.1, -0.05) is 70.9 Å². The molecule has 180 valence electrons. The van der Waals surface area contributed by atoms with E-state index in [1.807, 2.05) is 27.2 Å². The molecule has 0 aromatic rings. The fourth-order valence-electron chi connectivity index (χ4n) is 2.82. The van der Waals surface area contributed by atoms with Crippen molar-refractivity contribution in [2.75, 3.05) is 40.9 Å². The highest BCUT2D eigenvalue weighted by Gasteiger charge is 2.18. The van der Waals surface area contributed by atoms with Crippen LogP contribution in [0.3, 0.4) is 0 Å². The third-order valence-corrected chi connectivity index (χ3v) is 5.82. The SMILES string of the molecule is CC(C)CCCCCCCCC/C=C/[C@@H](O)[C@@H](N)COP(=O)([O-])OCC[N+](C)(C)C. The zero-order chi connectivity index (χ0) is 23.0. The Morgan fingerprint density at radius 1 is 1.03 bits per heavy atom. The van der Waals surface area contributed by atoms with Gasteiger partial charge in [-0.25, -0.2) is 0 Å². The van der Waals surface area contributed by atoms with Crippen molar-refractivity contribution >= 4 is 7.82 Å². The molecule has 0 aliphatic heterocycles. The third-order valence-electron chi connectivity index (χ3n) is 4.86. The maximum absolute atomic E-state index is 11.7. The molecule has 0 saturated carbocycles. The fraction of sp³-hybridized carbons (Fsp3) is 0.909. The van der Waals surface area contributed by atoms with Gasteiger partial charge in [-0.05, 0) is 18.8 Å². The predicted octanol–water partition coefficient (Wildman–Crippen LogP) is 3.61. The lowest BCUT2D eigenvalue weighted by atomic mass is 10.0. The number of allylic oxidation sites excluding steroid dienone is 1. The van der Waals surface area contributed by atoms with Crippen molar-refractivity contribution in [3.05, 3.63) is 12.2 Å². The van der Waals surface area contributed by atoms with Crippen LogP contribution in [0.25, 0.3) is 0 Å². The van der Waals surface area contributed by atoms with Crippen LogP contribution in [0.1, 0.15) is 71.6 Å². The van der Waals surface area contributed by atoms with Crippen molar-refractivity contribution in [1.29, 1.82) is 0 Å². The lowest BCUT2D eigenvalue weighted by Gasteiger charge is -2.28. The van der Waals surface area contributed by atoms with E-state index in [1.54, 1.807) is 6.08 Å². The zero-order valence-electron chi connectivity index (χ0n) is 19.9. The monoisotopic (exact) mass is 450 g/mol. The van der Waals surface area contributed by atoms with Gasteiger partial charge >= 0.3 is 0 Å². The van der Waals surface area contributed by atoms with Gasteiger partial charge in [0, 0.05) is 0 Å². The molecule has 0 saturated heterocycles. The van der Waals surface area contributed by atoms with E-state index in [9.17, 15) is 14.6 Å². The van der Waals surface area contributed by atoms with E-state index >= 15 is 0 Å². The molecule has 0 bridgehead atoms. The standard InChI is InChI=1S/C22H47N2O5P/c1-20(2)15-13-11-9-7-6-8-10-12-14-16-22(25)21(23)19-29-30(26,27)28-18-17-24(3,4)5/h14,16,20-22,25H,6-13,15,17-19,23H2,1-5H3/b16-14+/t21-,22+/m0/s1. The Morgan fingerprint density at radius 2 is 1.60 bits per heavy atom. The Hall–Kier alpha value is -0.270. The molecule has 3 atom stereocenters. The average Bonchev–Trinajstić information content (AvgIpc) is 2.62. The van der Waals surface area contributed by atoms with E-state index in [0.717, 1.165) is 18.8 Å². The number of rotatable bonds is 19.